The molecule has 0 aliphatic heterocycles. The largest absolute Gasteiger partial charge is 0.409 e. The van der Waals surface area contributed by atoms with Gasteiger partial charge in [-0.1, -0.05) is 45.4 Å². The maximum atomic E-state index is 11.7. The molecule has 28 heavy (non-hydrogen) atoms. The Morgan fingerprint density at radius 3 is 2.57 bits per heavy atom. The normalized spacial score (nSPS) is 31.5. The Morgan fingerprint density at radius 2 is 2.00 bits per heavy atom. The van der Waals surface area contributed by atoms with E-state index in [1.54, 1.807) is 0 Å². The molecule has 2 heterocycles. The van der Waals surface area contributed by atoms with Gasteiger partial charge in [0.25, 0.3) is 0 Å². The maximum Gasteiger partial charge on any atom is 0.192 e. The van der Waals surface area contributed by atoms with E-state index in [1.165, 1.54) is 6.33 Å². The predicted octanol–water partition coefficient (Wildman–Crippen LogP) is 5.36. The van der Waals surface area contributed by atoms with Crippen LogP contribution in [0, 0.1) is 5.41 Å². The van der Waals surface area contributed by atoms with Gasteiger partial charge in [0, 0.05) is 11.6 Å². The summed E-state index contributed by atoms with van der Waals surface area (Å²) in [6, 6.07) is 1.84. The number of halogens is 1. The van der Waals surface area contributed by atoms with E-state index in [0.717, 1.165) is 11.0 Å². The molecular weight excluding hydrogens is 390 g/mol. The lowest BCUT2D eigenvalue weighted by molar-refractivity contribution is -0.0863. The van der Waals surface area contributed by atoms with Crippen LogP contribution in [0.1, 0.15) is 47.1 Å². The lowest BCUT2D eigenvalue weighted by Gasteiger charge is -2.45. The summed E-state index contributed by atoms with van der Waals surface area (Å²) in [6.45, 7) is 19.0. The second kappa shape index (κ2) is 6.66. The SMILES string of the molecule is C=C[C@@]1(C)C[C@@H](n2ccc3c(Cl)ncnc32)C(O[Si](C)(C)C(C)(C)C)C1(C)O. The summed E-state index contributed by atoms with van der Waals surface area (Å²) < 4.78 is 8.92. The van der Waals surface area contributed by atoms with Crippen LogP contribution < -0.4 is 0 Å². The molecule has 0 saturated heterocycles. The minimum Gasteiger partial charge on any atom is -0.409 e. The molecule has 2 aromatic heterocycles. The van der Waals surface area contributed by atoms with Crippen molar-refractivity contribution in [1.82, 2.24) is 14.5 Å². The minimum atomic E-state index is -2.13. The molecule has 2 aromatic rings. The van der Waals surface area contributed by atoms with Gasteiger partial charge in [-0.3, -0.25) is 0 Å². The first-order valence-electron chi connectivity index (χ1n) is 9.76. The van der Waals surface area contributed by atoms with Crippen molar-refractivity contribution in [3.05, 3.63) is 36.4 Å². The highest BCUT2D eigenvalue weighted by molar-refractivity contribution is 6.74. The number of aromatic nitrogens is 3. The Balaban J connectivity index is 2.14. The molecule has 4 atom stereocenters. The van der Waals surface area contributed by atoms with Crippen molar-refractivity contribution in [2.75, 3.05) is 0 Å². The van der Waals surface area contributed by atoms with Crippen LogP contribution in [-0.4, -0.2) is 39.7 Å². The molecule has 3 rings (SSSR count). The zero-order chi connectivity index (χ0) is 21.1. The third-order valence-corrected chi connectivity index (χ3v) is 11.9. The summed E-state index contributed by atoms with van der Waals surface area (Å²) >= 11 is 6.26. The van der Waals surface area contributed by atoms with Gasteiger partial charge in [0.15, 0.2) is 8.32 Å². The molecule has 1 fully saturated rings. The molecule has 0 bridgehead atoms. The van der Waals surface area contributed by atoms with Gasteiger partial charge in [-0.15, -0.1) is 6.58 Å². The maximum absolute atomic E-state index is 11.7. The first kappa shape index (κ1) is 21.5. The van der Waals surface area contributed by atoms with Crippen LogP contribution in [-0.2, 0) is 4.43 Å². The van der Waals surface area contributed by atoms with E-state index in [1.807, 2.05) is 25.3 Å². The number of rotatable bonds is 4. The summed E-state index contributed by atoms with van der Waals surface area (Å²) in [5.41, 5.74) is -0.793. The van der Waals surface area contributed by atoms with Crippen molar-refractivity contribution in [2.45, 2.75) is 76.9 Å². The molecule has 0 aromatic carbocycles. The summed E-state index contributed by atoms with van der Waals surface area (Å²) in [7, 11) is -2.13. The minimum absolute atomic E-state index is 0.0328. The van der Waals surface area contributed by atoms with Gasteiger partial charge >= 0.3 is 0 Å². The quantitative estimate of drug-likeness (QED) is 0.410. The van der Waals surface area contributed by atoms with Gasteiger partial charge in [0.1, 0.15) is 17.1 Å². The Kier molecular flexibility index (Phi) is 5.11. The van der Waals surface area contributed by atoms with Gasteiger partial charge in [-0.05, 0) is 37.5 Å². The highest BCUT2D eigenvalue weighted by Gasteiger charge is 2.60. The average molecular weight is 422 g/mol. The average Bonchev–Trinajstić information content (AvgIpc) is 3.08. The molecular formula is C21H32ClN3O2Si. The molecule has 5 nitrogen and oxygen atoms in total. The third-order valence-electron chi connectivity index (χ3n) is 7.19. The summed E-state index contributed by atoms with van der Waals surface area (Å²) in [5.74, 6) is 0. The number of fused-ring (bicyclic) bond motifs is 1. The van der Waals surface area contributed by atoms with E-state index < -0.39 is 19.3 Å². The van der Waals surface area contributed by atoms with Crippen molar-refractivity contribution >= 4 is 31.0 Å². The van der Waals surface area contributed by atoms with Crippen LogP contribution in [0.4, 0.5) is 0 Å². The van der Waals surface area contributed by atoms with Gasteiger partial charge < -0.3 is 14.1 Å². The lowest BCUT2D eigenvalue weighted by atomic mass is 9.77. The monoisotopic (exact) mass is 421 g/mol. The molecule has 0 radical (unpaired) electrons. The third kappa shape index (κ3) is 3.14. The van der Waals surface area contributed by atoms with Crippen LogP contribution in [0.2, 0.25) is 23.3 Å². The summed E-state index contributed by atoms with van der Waals surface area (Å²) in [6.07, 6.45) is 5.63. The van der Waals surface area contributed by atoms with Crippen molar-refractivity contribution in [3.63, 3.8) is 0 Å². The molecule has 0 spiro atoms. The Morgan fingerprint density at radius 1 is 1.36 bits per heavy atom. The van der Waals surface area contributed by atoms with Crippen LogP contribution in [0.15, 0.2) is 31.2 Å². The second-order valence-electron chi connectivity index (χ2n) is 9.96. The molecule has 2 unspecified atom stereocenters. The van der Waals surface area contributed by atoms with Crippen LogP contribution >= 0.6 is 11.6 Å². The first-order valence-corrected chi connectivity index (χ1v) is 13.0. The summed E-state index contributed by atoms with van der Waals surface area (Å²) in [5, 5.41) is 12.9. The van der Waals surface area contributed by atoms with Crippen LogP contribution in [0.3, 0.4) is 0 Å². The fourth-order valence-corrected chi connectivity index (χ4v) is 5.44. The first-order chi connectivity index (χ1) is 12.7. The van der Waals surface area contributed by atoms with E-state index in [9.17, 15) is 5.11 Å². The topological polar surface area (TPSA) is 60.2 Å². The fourth-order valence-electron chi connectivity index (χ4n) is 3.88. The van der Waals surface area contributed by atoms with E-state index in [-0.39, 0.29) is 17.2 Å². The molecule has 1 aliphatic carbocycles. The fraction of sp³-hybridized carbons (Fsp3) is 0.619. The molecule has 0 amide bonds. The van der Waals surface area contributed by atoms with Crippen molar-refractivity contribution in [3.8, 4) is 0 Å². The number of nitrogens with zero attached hydrogens (tertiary/aromatic N) is 3. The number of hydrogen-bond donors (Lipinski definition) is 1. The van der Waals surface area contributed by atoms with Gasteiger partial charge in [-0.2, -0.15) is 0 Å². The van der Waals surface area contributed by atoms with Crippen molar-refractivity contribution in [2.24, 2.45) is 5.41 Å². The van der Waals surface area contributed by atoms with E-state index >= 15 is 0 Å². The van der Waals surface area contributed by atoms with E-state index in [0.29, 0.717) is 11.6 Å². The van der Waals surface area contributed by atoms with Gasteiger partial charge in [-0.25, -0.2) is 9.97 Å². The Labute approximate surface area is 173 Å². The molecule has 1 N–H and O–H groups in total. The summed E-state index contributed by atoms with van der Waals surface area (Å²) in [4.78, 5) is 8.55. The van der Waals surface area contributed by atoms with Crippen LogP contribution in [0.25, 0.3) is 11.0 Å². The zero-order valence-electron chi connectivity index (χ0n) is 18.0. The van der Waals surface area contributed by atoms with E-state index in [2.05, 4.69) is 61.9 Å². The molecule has 1 aliphatic rings. The smallest absolute Gasteiger partial charge is 0.192 e. The Bertz CT molecular complexity index is 903. The highest BCUT2D eigenvalue weighted by atomic mass is 35.5. The zero-order valence-corrected chi connectivity index (χ0v) is 19.7. The number of hydrogen-bond acceptors (Lipinski definition) is 4. The lowest BCUT2D eigenvalue weighted by Crippen LogP contribution is -2.54. The van der Waals surface area contributed by atoms with Crippen molar-refractivity contribution < 1.29 is 9.53 Å². The van der Waals surface area contributed by atoms with Gasteiger partial charge in [0.05, 0.1) is 23.1 Å². The predicted molar refractivity (Wildman–Crippen MR) is 117 cm³/mol. The van der Waals surface area contributed by atoms with E-state index in [4.69, 9.17) is 16.0 Å². The van der Waals surface area contributed by atoms with Crippen LogP contribution in [0.5, 0.6) is 0 Å². The highest BCUT2D eigenvalue weighted by Crippen LogP contribution is 2.55. The molecule has 7 heteroatoms. The second-order valence-corrected chi connectivity index (χ2v) is 15.1. The molecule has 154 valence electrons. The number of aliphatic hydroxyl groups is 1. The molecule has 1 saturated carbocycles. The van der Waals surface area contributed by atoms with Crippen molar-refractivity contribution in [1.29, 1.82) is 0 Å². The standard InChI is InChI=1S/C21H32ClN3O2Si/c1-9-20(5)12-15(25-11-10-14-17(22)23-13-24-18(14)25)16(21(20,6)26)27-28(7,8)19(2,3)4/h9-11,13,15-16,26H,1,12H2,2-8H3/t15-,16?,20+,21?/m1/s1. The Hall–Kier alpha value is -1.21. The van der Waals surface area contributed by atoms with Gasteiger partial charge in [0.2, 0.25) is 0 Å².